The number of fused-ring (bicyclic) bond motifs is 1. The molecule has 7 heteroatoms. The molecule has 5 nitrogen and oxygen atoms in total. The zero-order chi connectivity index (χ0) is 19.4. The summed E-state index contributed by atoms with van der Waals surface area (Å²) in [5.74, 6) is 3.59. The van der Waals surface area contributed by atoms with Crippen LogP contribution in [0.5, 0.6) is 5.75 Å². The summed E-state index contributed by atoms with van der Waals surface area (Å²) in [6, 6.07) is 3.89. The molecule has 27 heavy (non-hydrogen) atoms. The number of rotatable bonds is 7. The summed E-state index contributed by atoms with van der Waals surface area (Å²) >= 11 is 3.68. The maximum absolute atomic E-state index is 7.52. The number of benzene rings is 1. The van der Waals surface area contributed by atoms with Crippen LogP contribution in [0, 0.1) is 16.9 Å². The minimum Gasteiger partial charge on any atom is -0.491 e. The van der Waals surface area contributed by atoms with Gasteiger partial charge in [0, 0.05) is 30.7 Å². The molecule has 1 aromatic heterocycles. The number of ether oxygens (including phenoxy) is 1. The SMILES string of the molecule is CC(CCOc1cc2nc(N3CCSCC3)sc2cc1N=N)CC(C)(C)C. The highest BCUT2D eigenvalue weighted by Gasteiger charge is 2.18. The van der Waals surface area contributed by atoms with E-state index in [1.165, 1.54) is 6.42 Å². The summed E-state index contributed by atoms with van der Waals surface area (Å²) in [7, 11) is 0. The van der Waals surface area contributed by atoms with Crippen LogP contribution in [-0.2, 0) is 0 Å². The second kappa shape index (κ2) is 8.78. The van der Waals surface area contributed by atoms with Crippen LogP contribution in [0.4, 0.5) is 10.8 Å². The minimum atomic E-state index is 0.337. The molecule has 0 amide bonds. The van der Waals surface area contributed by atoms with Gasteiger partial charge in [0.15, 0.2) is 5.13 Å². The van der Waals surface area contributed by atoms with E-state index in [9.17, 15) is 0 Å². The number of hydrogen-bond donors (Lipinski definition) is 1. The van der Waals surface area contributed by atoms with Crippen LogP contribution in [0.2, 0.25) is 0 Å². The van der Waals surface area contributed by atoms with Crippen LogP contribution < -0.4 is 9.64 Å². The van der Waals surface area contributed by atoms with Crippen LogP contribution in [-0.4, -0.2) is 36.2 Å². The Labute approximate surface area is 170 Å². The van der Waals surface area contributed by atoms with Gasteiger partial charge in [0.25, 0.3) is 0 Å². The molecular weight excluding hydrogens is 376 g/mol. The molecule has 0 spiro atoms. The van der Waals surface area contributed by atoms with E-state index in [1.54, 1.807) is 11.3 Å². The third-order valence-corrected chi connectivity index (χ3v) is 6.71. The number of hydrogen-bond acceptors (Lipinski definition) is 7. The van der Waals surface area contributed by atoms with Crippen molar-refractivity contribution in [1.82, 2.24) is 4.98 Å². The number of nitrogens with one attached hydrogen (secondary N) is 1. The van der Waals surface area contributed by atoms with Gasteiger partial charge in [-0.25, -0.2) is 10.5 Å². The molecule has 1 fully saturated rings. The Morgan fingerprint density at radius 1 is 1.30 bits per heavy atom. The molecule has 2 heterocycles. The summed E-state index contributed by atoms with van der Waals surface area (Å²) in [6.07, 6.45) is 2.18. The molecule has 2 aromatic rings. The highest BCUT2D eigenvalue weighted by atomic mass is 32.2. The second-order valence-electron chi connectivity index (χ2n) is 8.50. The first kappa shape index (κ1) is 20.4. The Hall–Kier alpha value is -1.34. The Morgan fingerprint density at radius 2 is 2.04 bits per heavy atom. The lowest BCUT2D eigenvalue weighted by Crippen LogP contribution is -2.32. The van der Waals surface area contributed by atoms with Crippen molar-refractivity contribution < 1.29 is 4.74 Å². The normalized spacial score (nSPS) is 16.5. The van der Waals surface area contributed by atoms with Crippen molar-refractivity contribution >= 4 is 44.1 Å². The molecule has 148 valence electrons. The standard InChI is InChI=1S/C20H30N4OS2/c1-14(13-20(2,3)4)5-8-25-17-11-16-18(12-15(17)23-21)27-19(22-16)24-6-9-26-10-7-24/h11-12,14,21H,5-10,13H2,1-4H3. The number of anilines is 1. The molecule has 1 saturated heterocycles. The van der Waals surface area contributed by atoms with Gasteiger partial charge in [0.1, 0.15) is 11.4 Å². The summed E-state index contributed by atoms with van der Waals surface area (Å²) in [5, 5.41) is 4.75. The summed E-state index contributed by atoms with van der Waals surface area (Å²) in [6.45, 7) is 11.8. The first-order chi connectivity index (χ1) is 12.9. The van der Waals surface area contributed by atoms with E-state index in [2.05, 4.69) is 37.7 Å². The lowest BCUT2D eigenvalue weighted by Gasteiger charge is -2.25. The highest BCUT2D eigenvalue weighted by molar-refractivity contribution is 7.99. The number of nitrogens with zero attached hydrogens (tertiary/aromatic N) is 3. The maximum Gasteiger partial charge on any atom is 0.186 e. The maximum atomic E-state index is 7.52. The Balaban J connectivity index is 1.70. The van der Waals surface area contributed by atoms with Gasteiger partial charge in [-0.3, -0.25) is 0 Å². The first-order valence-corrected chi connectivity index (χ1v) is 11.6. The van der Waals surface area contributed by atoms with Crippen molar-refractivity contribution in [3.8, 4) is 5.75 Å². The van der Waals surface area contributed by atoms with Gasteiger partial charge in [-0.1, -0.05) is 39.0 Å². The van der Waals surface area contributed by atoms with E-state index in [0.29, 0.717) is 29.4 Å². The Kier molecular flexibility index (Phi) is 6.63. The van der Waals surface area contributed by atoms with Crippen LogP contribution >= 0.6 is 23.1 Å². The van der Waals surface area contributed by atoms with Gasteiger partial charge < -0.3 is 9.64 Å². The van der Waals surface area contributed by atoms with E-state index in [1.807, 2.05) is 23.9 Å². The van der Waals surface area contributed by atoms with E-state index in [4.69, 9.17) is 15.3 Å². The third-order valence-electron chi connectivity index (χ3n) is 4.69. The zero-order valence-electron chi connectivity index (χ0n) is 16.7. The van der Waals surface area contributed by atoms with Gasteiger partial charge >= 0.3 is 0 Å². The molecule has 0 radical (unpaired) electrons. The van der Waals surface area contributed by atoms with Crippen LogP contribution in [0.25, 0.3) is 10.2 Å². The van der Waals surface area contributed by atoms with E-state index in [-0.39, 0.29) is 0 Å². The number of thiazole rings is 1. The zero-order valence-corrected chi connectivity index (χ0v) is 18.4. The van der Waals surface area contributed by atoms with Crippen molar-refractivity contribution in [2.45, 2.75) is 40.5 Å². The molecular formula is C20H30N4OS2. The molecule has 0 bridgehead atoms. The lowest BCUT2D eigenvalue weighted by molar-refractivity contribution is 0.241. The minimum absolute atomic E-state index is 0.337. The van der Waals surface area contributed by atoms with Crippen LogP contribution in [0.15, 0.2) is 17.2 Å². The summed E-state index contributed by atoms with van der Waals surface area (Å²) < 4.78 is 7.08. The molecule has 0 saturated carbocycles. The molecule has 1 unspecified atom stereocenters. The summed E-state index contributed by atoms with van der Waals surface area (Å²) in [4.78, 5) is 7.17. The second-order valence-corrected chi connectivity index (χ2v) is 10.7. The molecule has 1 aliphatic rings. The van der Waals surface area contributed by atoms with E-state index < -0.39 is 0 Å². The van der Waals surface area contributed by atoms with Crippen molar-refractivity contribution in [1.29, 1.82) is 5.53 Å². The predicted molar refractivity (Wildman–Crippen MR) is 117 cm³/mol. The van der Waals surface area contributed by atoms with Crippen molar-refractivity contribution in [3.63, 3.8) is 0 Å². The topological polar surface area (TPSA) is 61.6 Å². The lowest BCUT2D eigenvalue weighted by atomic mass is 9.84. The predicted octanol–water partition coefficient (Wildman–Crippen LogP) is 6.35. The number of aromatic nitrogens is 1. The largest absolute Gasteiger partial charge is 0.491 e. The van der Waals surface area contributed by atoms with Crippen molar-refractivity contribution in [3.05, 3.63) is 12.1 Å². The fraction of sp³-hybridized carbons (Fsp3) is 0.650. The fourth-order valence-corrected chi connectivity index (χ4v) is 5.48. The van der Waals surface area contributed by atoms with Gasteiger partial charge in [-0.15, -0.1) is 0 Å². The molecule has 3 rings (SSSR count). The molecule has 0 aliphatic carbocycles. The monoisotopic (exact) mass is 406 g/mol. The number of thioether (sulfide) groups is 1. The highest BCUT2D eigenvalue weighted by Crippen LogP contribution is 2.38. The third kappa shape index (κ3) is 5.57. The molecule has 1 atom stereocenters. The molecule has 1 N–H and O–H groups in total. The smallest absolute Gasteiger partial charge is 0.186 e. The average molecular weight is 407 g/mol. The van der Waals surface area contributed by atoms with E-state index >= 15 is 0 Å². The van der Waals surface area contributed by atoms with Gasteiger partial charge in [0.2, 0.25) is 0 Å². The van der Waals surface area contributed by atoms with Gasteiger partial charge in [-0.2, -0.15) is 16.9 Å². The van der Waals surface area contributed by atoms with Gasteiger partial charge in [-0.05, 0) is 30.2 Å². The quantitative estimate of drug-likeness (QED) is 0.544. The van der Waals surface area contributed by atoms with Crippen molar-refractivity contribution in [2.75, 3.05) is 36.1 Å². The van der Waals surface area contributed by atoms with Crippen LogP contribution in [0.1, 0.15) is 40.5 Å². The van der Waals surface area contributed by atoms with Crippen molar-refractivity contribution in [2.24, 2.45) is 16.4 Å². The fourth-order valence-electron chi connectivity index (χ4n) is 3.54. The Morgan fingerprint density at radius 3 is 2.70 bits per heavy atom. The van der Waals surface area contributed by atoms with Gasteiger partial charge in [0.05, 0.1) is 16.8 Å². The summed E-state index contributed by atoms with van der Waals surface area (Å²) in [5.41, 5.74) is 9.39. The molecule has 1 aliphatic heterocycles. The Bertz CT molecular complexity index is 778. The molecule has 1 aromatic carbocycles. The van der Waals surface area contributed by atoms with Crippen LogP contribution in [0.3, 0.4) is 0 Å². The van der Waals surface area contributed by atoms with E-state index in [0.717, 1.165) is 46.4 Å². The average Bonchev–Trinajstić information content (AvgIpc) is 3.03. The first-order valence-electron chi connectivity index (χ1n) is 9.63.